The monoisotopic (exact) mass is 205 g/mol. The van der Waals surface area contributed by atoms with E-state index >= 15 is 0 Å². The van der Waals surface area contributed by atoms with E-state index in [9.17, 15) is 0 Å². The van der Waals surface area contributed by atoms with Crippen LogP contribution in [-0.4, -0.2) is 20.1 Å². The van der Waals surface area contributed by atoms with Crippen LogP contribution in [0.5, 0.6) is 11.8 Å². The lowest BCUT2D eigenvalue weighted by Gasteiger charge is -2.01. The molecule has 0 aliphatic carbocycles. The Morgan fingerprint density at radius 3 is 2.20 bits per heavy atom. The molecule has 56 valence electrons. The maximum Gasteiger partial charge on any atom is 0.193 e. The summed E-state index contributed by atoms with van der Waals surface area (Å²) in [5.74, 6) is 0.189. The highest BCUT2D eigenvalue weighted by Gasteiger charge is 2.02. The molecule has 0 atom stereocenters. The largest absolute Gasteiger partial charge is 0.494 e. The Morgan fingerprint density at radius 1 is 1.30 bits per heavy atom. The van der Waals surface area contributed by atoms with Gasteiger partial charge in [-0.1, -0.05) is 15.9 Å². The summed E-state index contributed by atoms with van der Waals surface area (Å²) in [5.41, 5.74) is 0. The number of nitrogens with zero attached hydrogens (tertiary/aromatic N) is 1. The van der Waals surface area contributed by atoms with Crippen molar-refractivity contribution in [2.24, 2.45) is 0 Å². The van der Waals surface area contributed by atoms with Crippen LogP contribution in [0, 0.1) is 0 Å². The molecule has 0 saturated heterocycles. The van der Waals surface area contributed by atoms with E-state index in [0.29, 0.717) is 11.9 Å². The van der Waals surface area contributed by atoms with Crippen LogP contribution in [0.15, 0.2) is 12.1 Å². The Bertz CT molecular complexity index is 202. The van der Waals surface area contributed by atoms with Gasteiger partial charge in [-0.25, -0.2) is 0 Å². The molecule has 0 aromatic carbocycles. The predicted octanol–water partition coefficient (Wildman–Crippen LogP) is 1.29. The van der Waals surface area contributed by atoms with Crippen LogP contribution in [0.2, 0.25) is 0 Å². The van der Waals surface area contributed by atoms with Crippen molar-refractivity contribution in [3.63, 3.8) is 0 Å². The third kappa shape index (κ3) is 1.26. The Labute approximate surface area is 67.0 Å². The second-order valence-electron chi connectivity index (χ2n) is 1.89. The summed E-state index contributed by atoms with van der Waals surface area (Å²) in [7, 11) is 0. The summed E-state index contributed by atoms with van der Waals surface area (Å²) in [5, 5.41) is 18.8. The van der Waals surface area contributed by atoms with Gasteiger partial charge in [0, 0.05) is 24.0 Å². The highest BCUT2D eigenvalue weighted by atomic mass is 79.9. The van der Waals surface area contributed by atoms with Gasteiger partial charge in [0.1, 0.15) is 0 Å². The topological polar surface area (TPSA) is 45.4 Å². The number of aromatic nitrogens is 1. The number of hydrogen-bond donors (Lipinski definition) is 2. The molecule has 1 aromatic rings. The first-order valence-corrected chi connectivity index (χ1v) is 4.01. The van der Waals surface area contributed by atoms with Gasteiger partial charge in [-0.05, 0) is 0 Å². The molecule has 0 spiro atoms. The van der Waals surface area contributed by atoms with Crippen LogP contribution in [0.3, 0.4) is 0 Å². The van der Waals surface area contributed by atoms with Crippen molar-refractivity contribution in [1.82, 2.24) is 4.57 Å². The van der Waals surface area contributed by atoms with E-state index in [0.717, 1.165) is 0 Å². The molecule has 0 bridgehead atoms. The molecule has 10 heavy (non-hydrogen) atoms. The van der Waals surface area contributed by atoms with Crippen molar-refractivity contribution in [3.8, 4) is 11.8 Å². The van der Waals surface area contributed by atoms with Crippen molar-refractivity contribution in [2.75, 3.05) is 5.33 Å². The van der Waals surface area contributed by atoms with Crippen LogP contribution < -0.4 is 0 Å². The van der Waals surface area contributed by atoms with Crippen LogP contribution in [0.4, 0.5) is 0 Å². The number of hydrogen-bond acceptors (Lipinski definition) is 2. The van der Waals surface area contributed by atoms with E-state index in [-0.39, 0.29) is 11.8 Å². The van der Waals surface area contributed by atoms with Crippen molar-refractivity contribution in [3.05, 3.63) is 12.1 Å². The van der Waals surface area contributed by atoms with E-state index in [1.807, 2.05) is 0 Å². The summed E-state index contributed by atoms with van der Waals surface area (Å²) in [6.45, 7) is 0.574. The molecule has 1 heterocycles. The van der Waals surface area contributed by atoms with Crippen molar-refractivity contribution in [1.29, 1.82) is 0 Å². The van der Waals surface area contributed by atoms with Gasteiger partial charge >= 0.3 is 0 Å². The molecule has 2 N–H and O–H groups in total. The van der Waals surface area contributed by atoms with Crippen LogP contribution in [0.25, 0.3) is 0 Å². The second kappa shape index (κ2) is 2.96. The maximum atomic E-state index is 9.04. The van der Waals surface area contributed by atoms with Crippen LogP contribution in [-0.2, 0) is 6.54 Å². The first-order valence-electron chi connectivity index (χ1n) is 2.89. The molecule has 0 aliphatic rings. The van der Waals surface area contributed by atoms with Crippen LogP contribution in [0.1, 0.15) is 0 Å². The molecule has 0 unspecified atom stereocenters. The zero-order valence-electron chi connectivity index (χ0n) is 5.29. The fourth-order valence-corrected chi connectivity index (χ4v) is 1.11. The third-order valence-electron chi connectivity index (χ3n) is 1.24. The van der Waals surface area contributed by atoms with Gasteiger partial charge in [0.25, 0.3) is 0 Å². The maximum absolute atomic E-state index is 9.04. The van der Waals surface area contributed by atoms with E-state index in [4.69, 9.17) is 10.2 Å². The minimum absolute atomic E-state index is 0.0944. The number of halogens is 1. The lowest BCUT2D eigenvalue weighted by atomic mass is 10.6. The normalized spacial score (nSPS) is 10.1. The summed E-state index contributed by atoms with van der Waals surface area (Å²) in [6, 6.07) is 2.91. The van der Waals surface area contributed by atoms with Crippen LogP contribution >= 0.6 is 15.9 Å². The first kappa shape index (κ1) is 7.47. The zero-order valence-corrected chi connectivity index (χ0v) is 6.87. The standard InChI is InChI=1S/C6H8BrNO2/c7-3-4-8-5(9)1-2-6(8)10/h1-2,9-10H,3-4H2. The zero-order chi connectivity index (χ0) is 7.56. The molecule has 1 rings (SSSR count). The Morgan fingerprint density at radius 2 is 1.80 bits per heavy atom. The number of alkyl halides is 1. The smallest absolute Gasteiger partial charge is 0.193 e. The lowest BCUT2D eigenvalue weighted by molar-refractivity contribution is 0.375. The van der Waals surface area contributed by atoms with E-state index in [1.165, 1.54) is 16.7 Å². The average Bonchev–Trinajstić information content (AvgIpc) is 2.20. The van der Waals surface area contributed by atoms with Gasteiger partial charge in [0.05, 0.1) is 0 Å². The molecular formula is C6H8BrNO2. The van der Waals surface area contributed by atoms with Crippen molar-refractivity contribution >= 4 is 15.9 Å². The molecular weight excluding hydrogens is 198 g/mol. The molecule has 3 nitrogen and oxygen atoms in total. The minimum Gasteiger partial charge on any atom is -0.494 e. The highest BCUT2D eigenvalue weighted by molar-refractivity contribution is 9.09. The van der Waals surface area contributed by atoms with Gasteiger partial charge in [-0.15, -0.1) is 0 Å². The summed E-state index contributed by atoms with van der Waals surface area (Å²) >= 11 is 3.20. The molecule has 0 aliphatic heterocycles. The lowest BCUT2D eigenvalue weighted by Crippen LogP contribution is -1.96. The predicted molar refractivity (Wildman–Crippen MR) is 41.6 cm³/mol. The molecule has 0 fully saturated rings. The van der Waals surface area contributed by atoms with E-state index in [1.54, 1.807) is 0 Å². The van der Waals surface area contributed by atoms with Gasteiger partial charge in [0.15, 0.2) is 11.8 Å². The molecule has 1 aromatic heterocycles. The van der Waals surface area contributed by atoms with Gasteiger partial charge < -0.3 is 10.2 Å². The summed E-state index contributed by atoms with van der Waals surface area (Å²) in [6.07, 6.45) is 0. The SMILES string of the molecule is Oc1ccc(O)n1CCBr. The van der Waals surface area contributed by atoms with Crippen molar-refractivity contribution in [2.45, 2.75) is 6.54 Å². The highest BCUT2D eigenvalue weighted by Crippen LogP contribution is 2.20. The minimum atomic E-state index is 0.0944. The second-order valence-corrected chi connectivity index (χ2v) is 2.68. The molecule has 4 heteroatoms. The van der Waals surface area contributed by atoms with Gasteiger partial charge in [-0.2, -0.15) is 0 Å². The summed E-state index contributed by atoms with van der Waals surface area (Å²) in [4.78, 5) is 0. The first-order chi connectivity index (χ1) is 4.75. The molecule has 0 amide bonds. The van der Waals surface area contributed by atoms with Crippen molar-refractivity contribution < 1.29 is 10.2 Å². The average molecular weight is 206 g/mol. The fourth-order valence-electron chi connectivity index (χ4n) is 0.760. The third-order valence-corrected chi connectivity index (χ3v) is 1.60. The number of aromatic hydroxyl groups is 2. The van der Waals surface area contributed by atoms with E-state index in [2.05, 4.69) is 15.9 Å². The quantitative estimate of drug-likeness (QED) is 0.716. The Balaban J connectivity index is 2.87. The van der Waals surface area contributed by atoms with Gasteiger partial charge in [0.2, 0.25) is 0 Å². The molecule has 0 saturated carbocycles. The Kier molecular flexibility index (Phi) is 2.21. The fraction of sp³-hybridized carbons (Fsp3) is 0.333. The van der Waals surface area contributed by atoms with Gasteiger partial charge in [-0.3, -0.25) is 4.57 Å². The van der Waals surface area contributed by atoms with E-state index < -0.39 is 0 Å². The summed E-state index contributed by atoms with van der Waals surface area (Å²) < 4.78 is 1.41. The number of rotatable bonds is 2. The molecule has 0 radical (unpaired) electrons. The Hall–Kier alpha value is -0.640.